The maximum Gasteiger partial charge on any atom is 0.310 e. The van der Waals surface area contributed by atoms with E-state index >= 15 is 0 Å². The van der Waals surface area contributed by atoms with Crippen LogP contribution in [0.25, 0.3) is 0 Å². The number of carboxylic acids is 1. The van der Waals surface area contributed by atoms with E-state index in [-0.39, 0.29) is 0 Å². The molecule has 0 aromatic heterocycles. The molecule has 0 saturated carbocycles. The van der Waals surface area contributed by atoms with Crippen LogP contribution in [0.2, 0.25) is 0 Å². The summed E-state index contributed by atoms with van der Waals surface area (Å²) < 4.78 is 5.12. The molecule has 0 aromatic carbocycles. The van der Waals surface area contributed by atoms with E-state index in [1.807, 2.05) is 6.92 Å². The largest absolute Gasteiger partial charge is 0.481 e. The van der Waals surface area contributed by atoms with Crippen molar-refractivity contribution < 1.29 is 14.6 Å². The molecule has 1 fully saturated rings. The highest BCUT2D eigenvalue weighted by Crippen LogP contribution is 2.36. The molecular formula is C12H23NO3. The molecule has 1 rings (SSSR count). The third kappa shape index (κ3) is 2.74. The van der Waals surface area contributed by atoms with E-state index in [9.17, 15) is 9.90 Å². The second-order valence-corrected chi connectivity index (χ2v) is 4.86. The van der Waals surface area contributed by atoms with Gasteiger partial charge in [-0.1, -0.05) is 13.3 Å². The third-order valence-corrected chi connectivity index (χ3v) is 3.60. The molecule has 0 aliphatic carbocycles. The Morgan fingerprint density at radius 2 is 2.31 bits per heavy atom. The summed E-state index contributed by atoms with van der Waals surface area (Å²) in [6.07, 6.45) is 2.47. The summed E-state index contributed by atoms with van der Waals surface area (Å²) in [5.74, 6) is -0.638. The van der Waals surface area contributed by atoms with Crippen molar-refractivity contribution in [1.29, 1.82) is 0 Å². The minimum atomic E-state index is -0.638. The fourth-order valence-electron chi connectivity index (χ4n) is 2.59. The summed E-state index contributed by atoms with van der Waals surface area (Å²) in [5, 5.41) is 9.37. The number of carboxylic acid groups (broad SMARTS) is 1. The minimum absolute atomic E-state index is 0.308. The van der Waals surface area contributed by atoms with Crippen LogP contribution in [-0.2, 0) is 9.53 Å². The first-order valence-electron chi connectivity index (χ1n) is 6.02. The summed E-state index contributed by atoms with van der Waals surface area (Å²) in [5.41, 5.74) is -0.517. The molecule has 94 valence electrons. The van der Waals surface area contributed by atoms with E-state index in [0.717, 1.165) is 25.8 Å². The molecular weight excluding hydrogens is 206 g/mol. The van der Waals surface area contributed by atoms with Gasteiger partial charge in [0.2, 0.25) is 0 Å². The normalized spacial score (nSPS) is 28.2. The monoisotopic (exact) mass is 229 g/mol. The van der Waals surface area contributed by atoms with Crippen LogP contribution in [0.15, 0.2) is 0 Å². The third-order valence-electron chi connectivity index (χ3n) is 3.60. The summed E-state index contributed by atoms with van der Waals surface area (Å²) in [4.78, 5) is 13.6. The first-order chi connectivity index (χ1) is 7.55. The van der Waals surface area contributed by atoms with Gasteiger partial charge in [-0.2, -0.15) is 0 Å². The van der Waals surface area contributed by atoms with Gasteiger partial charge in [0.25, 0.3) is 0 Å². The van der Waals surface area contributed by atoms with Crippen LogP contribution in [0.3, 0.4) is 0 Å². The summed E-state index contributed by atoms with van der Waals surface area (Å²) in [7, 11) is 1.68. The number of nitrogens with zero attached hydrogens (tertiary/aromatic N) is 1. The average molecular weight is 229 g/mol. The van der Waals surface area contributed by atoms with Crippen LogP contribution in [-0.4, -0.2) is 48.8 Å². The summed E-state index contributed by atoms with van der Waals surface area (Å²) >= 11 is 0. The van der Waals surface area contributed by atoms with Crippen LogP contribution >= 0.6 is 0 Å². The number of hydrogen-bond acceptors (Lipinski definition) is 3. The SMILES string of the molecule is CCCC1(C(=O)O)CCN(C(C)COC)C1. The van der Waals surface area contributed by atoms with Gasteiger partial charge >= 0.3 is 5.97 Å². The van der Waals surface area contributed by atoms with Gasteiger partial charge in [0, 0.05) is 19.7 Å². The average Bonchev–Trinajstić information content (AvgIpc) is 2.64. The van der Waals surface area contributed by atoms with Crippen LogP contribution in [0.5, 0.6) is 0 Å². The van der Waals surface area contributed by atoms with E-state index in [4.69, 9.17) is 4.74 Å². The summed E-state index contributed by atoms with van der Waals surface area (Å²) in [6.45, 7) is 6.35. The van der Waals surface area contributed by atoms with Crippen molar-refractivity contribution in [2.24, 2.45) is 5.41 Å². The lowest BCUT2D eigenvalue weighted by Gasteiger charge is -2.27. The molecule has 1 saturated heterocycles. The lowest BCUT2D eigenvalue weighted by atomic mass is 9.83. The van der Waals surface area contributed by atoms with Gasteiger partial charge < -0.3 is 9.84 Å². The number of hydrogen-bond donors (Lipinski definition) is 1. The minimum Gasteiger partial charge on any atom is -0.481 e. The van der Waals surface area contributed by atoms with Gasteiger partial charge in [-0.3, -0.25) is 9.69 Å². The van der Waals surface area contributed by atoms with E-state index in [1.54, 1.807) is 7.11 Å². The molecule has 1 N–H and O–H groups in total. The highest BCUT2D eigenvalue weighted by Gasteiger charge is 2.44. The van der Waals surface area contributed by atoms with Gasteiger partial charge in [-0.05, 0) is 26.3 Å². The zero-order chi connectivity index (χ0) is 12.2. The lowest BCUT2D eigenvalue weighted by molar-refractivity contribution is -0.148. The smallest absolute Gasteiger partial charge is 0.310 e. The molecule has 1 aliphatic heterocycles. The van der Waals surface area contributed by atoms with Crippen LogP contribution in [0, 0.1) is 5.41 Å². The molecule has 1 heterocycles. The van der Waals surface area contributed by atoms with Gasteiger partial charge in [-0.15, -0.1) is 0 Å². The fourth-order valence-corrected chi connectivity index (χ4v) is 2.59. The van der Waals surface area contributed by atoms with Crippen LogP contribution < -0.4 is 0 Å². The second-order valence-electron chi connectivity index (χ2n) is 4.86. The first kappa shape index (κ1) is 13.5. The zero-order valence-corrected chi connectivity index (χ0v) is 10.5. The number of aliphatic carboxylic acids is 1. The molecule has 4 nitrogen and oxygen atoms in total. The Morgan fingerprint density at radius 1 is 1.62 bits per heavy atom. The van der Waals surface area contributed by atoms with E-state index in [1.165, 1.54) is 0 Å². The topological polar surface area (TPSA) is 49.8 Å². The van der Waals surface area contributed by atoms with Gasteiger partial charge in [0.05, 0.1) is 12.0 Å². The number of methoxy groups -OCH3 is 1. The maximum atomic E-state index is 11.4. The Labute approximate surface area is 97.6 Å². The quantitative estimate of drug-likeness (QED) is 0.751. The lowest BCUT2D eigenvalue weighted by Crippen LogP contribution is -2.39. The van der Waals surface area contributed by atoms with Crippen molar-refractivity contribution in [3.05, 3.63) is 0 Å². The molecule has 16 heavy (non-hydrogen) atoms. The first-order valence-corrected chi connectivity index (χ1v) is 6.02. The van der Waals surface area contributed by atoms with Crippen molar-refractivity contribution in [2.75, 3.05) is 26.8 Å². The van der Waals surface area contributed by atoms with Gasteiger partial charge in [0.15, 0.2) is 0 Å². The van der Waals surface area contributed by atoms with Crippen molar-refractivity contribution in [2.45, 2.75) is 39.2 Å². The Balaban J connectivity index is 2.63. The highest BCUT2D eigenvalue weighted by atomic mass is 16.5. The predicted octanol–water partition coefficient (Wildman–Crippen LogP) is 1.60. The number of rotatable bonds is 6. The molecule has 2 atom stereocenters. The Bertz CT molecular complexity index is 244. The van der Waals surface area contributed by atoms with E-state index in [2.05, 4.69) is 11.8 Å². The van der Waals surface area contributed by atoms with Crippen molar-refractivity contribution in [1.82, 2.24) is 4.90 Å². The van der Waals surface area contributed by atoms with Gasteiger partial charge in [-0.25, -0.2) is 0 Å². The second kappa shape index (κ2) is 5.64. The number of carbonyl (C=O) groups is 1. The van der Waals surface area contributed by atoms with E-state index < -0.39 is 11.4 Å². The van der Waals surface area contributed by atoms with Crippen molar-refractivity contribution in [3.8, 4) is 0 Å². The Kier molecular flexibility index (Phi) is 4.74. The van der Waals surface area contributed by atoms with Crippen LogP contribution in [0.4, 0.5) is 0 Å². The molecule has 0 bridgehead atoms. The predicted molar refractivity (Wildman–Crippen MR) is 62.5 cm³/mol. The van der Waals surface area contributed by atoms with Crippen molar-refractivity contribution >= 4 is 5.97 Å². The molecule has 0 spiro atoms. The summed E-state index contributed by atoms with van der Waals surface area (Å²) in [6, 6.07) is 0.308. The standard InChI is InChI=1S/C12H23NO3/c1-4-5-12(11(14)15)6-7-13(9-12)10(2)8-16-3/h10H,4-9H2,1-3H3,(H,14,15). The maximum absolute atomic E-state index is 11.4. The Hall–Kier alpha value is -0.610. The fraction of sp³-hybridized carbons (Fsp3) is 0.917. The zero-order valence-electron chi connectivity index (χ0n) is 10.5. The number of likely N-dealkylation sites (tertiary alicyclic amines) is 1. The molecule has 1 aliphatic rings. The molecule has 2 unspecified atom stereocenters. The molecule has 0 amide bonds. The molecule has 0 radical (unpaired) electrons. The van der Waals surface area contributed by atoms with Gasteiger partial charge in [0.1, 0.15) is 0 Å². The van der Waals surface area contributed by atoms with Crippen molar-refractivity contribution in [3.63, 3.8) is 0 Å². The molecule has 4 heteroatoms. The van der Waals surface area contributed by atoms with E-state index in [0.29, 0.717) is 19.2 Å². The van der Waals surface area contributed by atoms with Crippen LogP contribution in [0.1, 0.15) is 33.1 Å². The molecule has 0 aromatic rings. The highest BCUT2D eigenvalue weighted by molar-refractivity contribution is 5.75. The number of ether oxygens (including phenoxy) is 1. The Morgan fingerprint density at radius 3 is 2.81 bits per heavy atom.